The molecule has 1 aromatic rings. The van der Waals surface area contributed by atoms with Gasteiger partial charge in [-0.15, -0.1) is 0 Å². The highest BCUT2D eigenvalue weighted by molar-refractivity contribution is 5.03. The summed E-state index contributed by atoms with van der Waals surface area (Å²) in [5, 5.41) is 7.74. The number of nitrogens with zero attached hydrogens (tertiary/aromatic N) is 3. The molecular formula is C13H26N4. The third-order valence-corrected chi connectivity index (χ3v) is 2.69. The van der Waals surface area contributed by atoms with Crippen LogP contribution in [0.2, 0.25) is 0 Å². The fourth-order valence-electron chi connectivity index (χ4n) is 1.71. The predicted molar refractivity (Wildman–Crippen MR) is 71.9 cm³/mol. The number of aromatic nitrogens is 2. The van der Waals surface area contributed by atoms with E-state index in [1.165, 1.54) is 5.56 Å². The quantitative estimate of drug-likeness (QED) is 0.698. The lowest BCUT2D eigenvalue weighted by Crippen LogP contribution is -2.30. The zero-order valence-corrected chi connectivity index (χ0v) is 11.6. The van der Waals surface area contributed by atoms with Gasteiger partial charge in [0.25, 0.3) is 0 Å². The molecule has 98 valence electrons. The van der Waals surface area contributed by atoms with Gasteiger partial charge in [0.2, 0.25) is 0 Å². The molecule has 0 aromatic carbocycles. The van der Waals surface area contributed by atoms with Gasteiger partial charge in [0.15, 0.2) is 0 Å². The van der Waals surface area contributed by atoms with Crippen molar-refractivity contribution in [3.8, 4) is 0 Å². The van der Waals surface area contributed by atoms with Crippen LogP contribution in [0.15, 0.2) is 12.4 Å². The Morgan fingerprint density at radius 1 is 1.47 bits per heavy atom. The number of hydrogen-bond acceptors (Lipinski definition) is 3. The molecule has 1 rings (SSSR count). The summed E-state index contributed by atoms with van der Waals surface area (Å²) in [6, 6.07) is 0. The monoisotopic (exact) mass is 238 g/mol. The minimum atomic E-state index is 0.725. The van der Waals surface area contributed by atoms with E-state index in [2.05, 4.69) is 49.3 Å². The molecule has 1 heterocycles. The van der Waals surface area contributed by atoms with Crippen LogP contribution < -0.4 is 5.32 Å². The molecule has 0 spiro atoms. The average Bonchev–Trinajstić information content (AvgIpc) is 2.72. The molecule has 0 aliphatic rings. The second-order valence-electron chi connectivity index (χ2n) is 5.04. The van der Waals surface area contributed by atoms with E-state index in [1.807, 2.05) is 10.9 Å². The van der Waals surface area contributed by atoms with Gasteiger partial charge in [0, 0.05) is 37.9 Å². The van der Waals surface area contributed by atoms with Crippen LogP contribution in [-0.2, 0) is 13.1 Å². The topological polar surface area (TPSA) is 33.1 Å². The summed E-state index contributed by atoms with van der Waals surface area (Å²) in [7, 11) is 2.15. The van der Waals surface area contributed by atoms with Crippen molar-refractivity contribution in [2.24, 2.45) is 5.92 Å². The lowest BCUT2D eigenvalue weighted by atomic mass is 10.2. The van der Waals surface area contributed by atoms with Crippen molar-refractivity contribution >= 4 is 0 Å². The lowest BCUT2D eigenvalue weighted by Gasteiger charge is -2.16. The normalized spacial score (nSPS) is 11.6. The summed E-state index contributed by atoms with van der Waals surface area (Å²) < 4.78 is 1.97. The Balaban J connectivity index is 2.18. The van der Waals surface area contributed by atoms with Gasteiger partial charge in [-0.1, -0.05) is 13.8 Å². The lowest BCUT2D eigenvalue weighted by molar-refractivity contribution is 0.321. The first-order chi connectivity index (χ1) is 8.11. The molecular weight excluding hydrogens is 212 g/mol. The highest BCUT2D eigenvalue weighted by Crippen LogP contribution is 2.01. The fourth-order valence-corrected chi connectivity index (χ4v) is 1.71. The summed E-state index contributed by atoms with van der Waals surface area (Å²) in [6.45, 7) is 11.7. The highest BCUT2D eigenvalue weighted by Gasteiger charge is 2.02. The van der Waals surface area contributed by atoms with Crippen LogP contribution in [0.3, 0.4) is 0 Å². The van der Waals surface area contributed by atoms with Crippen molar-refractivity contribution in [1.29, 1.82) is 0 Å². The molecule has 0 saturated heterocycles. The average molecular weight is 238 g/mol. The van der Waals surface area contributed by atoms with Crippen LogP contribution in [-0.4, -0.2) is 41.4 Å². The van der Waals surface area contributed by atoms with Crippen molar-refractivity contribution < 1.29 is 0 Å². The molecule has 0 radical (unpaired) electrons. The van der Waals surface area contributed by atoms with E-state index in [1.54, 1.807) is 0 Å². The maximum atomic E-state index is 4.28. The van der Waals surface area contributed by atoms with Gasteiger partial charge < -0.3 is 10.2 Å². The fraction of sp³-hybridized carbons (Fsp3) is 0.769. The van der Waals surface area contributed by atoms with Crippen molar-refractivity contribution in [1.82, 2.24) is 20.0 Å². The van der Waals surface area contributed by atoms with Crippen LogP contribution in [0, 0.1) is 5.92 Å². The molecule has 1 aromatic heterocycles. The molecule has 0 fully saturated rings. The minimum Gasteiger partial charge on any atom is -0.315 e. The Bertz CT molecular complexity index is 306. The number of nitrogens with one attached hydrogen (secondary N) is 1. The molecule has 0 saturated carbocycles. The summed E-state index contributed by atoms with van der Waals surface area (Å²) in [6.07, 6.45) is 4.08. The third-order valence-electron chi connectivity index (χ3n) is 2.69. The zero-order chi connectivity index (χ0) is 12.7. The van der Waals surface area contributed by atoms with Crippen molar-refractivity contribution in [3.05, 3.63) is 18.0 Å². The molecule has 0 atom stereocenters. The van der Waals surface area contributed by atoms with Crippen LogP contribution in [0.4, 0.5) is 0 Å². The predicted octanol–water partition coefficient (Wildman–Crippen LogP) is 1.58. The molecule has 0 bridgehead atoms. The Hall–Kier alpha value is -0.870. The van der Waals surface area contributed by atoms with E-state index in [0.717, 1.165) is 38.6 Å². The molecule has 0 amide bonds. The maximum Gasteiger partial charge on any atom is 0.0534 e. The number of likely N-dealkylation sites (N-methyl/N-ethyl adjacent to an activating group) is 1. The smallest absolute Gasteiger partial charge is 0.0534 e. The third kappa shape index (κ3) is 5.84. The molecule has 17 heavy (non-hydrogen) atoms. The Kier molecular flexibility index (Phi) is 6.22. The van der Waals surface area contributed by atoms with Crippen LogP contribution in [0.1, 0.15) is 26.3 Å². The maximum absolute atomic E-state index is 4.28. The van der Waals surface area contributed by atoms with Gasteiger partial charge in [-0.25, -0.2) is 0 Å². The second-order valence-corrected chi connectivity index (χ2v) is 5.04. The first-order valence-electron chi connectivity index (χ1n) is 6.52. The van der Waals surface area contributed by atoms with Crippen LogP contribution >= 0.6 is 0 Å². The SMILES string of the molecule is CCn1cc(CN(C)CCNCC(C)C)cn1. The summed E-state index contributed by atoms with van der Waals surface area (Å²) in [5.41, 5.74) is 1.29. The first-order valence-corrected chi connectivity index (χ1v) is 6.52. The second kappa shape index (κ2) is 7.45. The van der Waals surface area contributed by atoms with E-state index in [9.17, 15) is 0 Å². The number of aryl methyl sites for hydroxylation is 1. The number of hydrogen-bond donors (Lipinski definition) is 1. The first kappa shape index (κ1) is 14.2. The molecule has 0 unspecified atom stereocenters. The summed E-state index contributed by atoms with van der Waals surface area (Å²) >= 11 is 0. The van der Waals surface area contributed by atoms with Gasteiger partial charge in [-0.05, 0) is 26.4 Å². The molecule has 1 N–H and O–H groups in total. The summed E-state index contributed by atoms with van der Waals surface area (Å²) in [5.74, 6) is 0.725. The molecule has 4 heteroatoms. The van der Waals surface area contributed by atoms with Crippen molar-refractivity contribution in [2.75, 3.05) is 26.7 Å². The van der Waals surface area contributed by atoms with Crippen molar-refractivity contribution in [2.45, 2.75) is 33.9 Å². The minimum absolute atomic E-state index is 0.725. The van der Waals surface area contributed by atoms with Gasteiger partial charge in [0.05, 0.1) is 6.20 Å². The van der Waals surface area contributed by atoms with E-state index >= 15 is 0 Å². The van der Waals surface area contributed by atoms with Gasteiger partial charge in [-0.3, -0.25) is 4.68 Å². The van der Waals surface area contributed by atoms with Crippen molar-refractivity contribution in [3.63, 3.8) is 0 Å². The van der Waals surface area contributed by atoms with E-state index in [-0.39, 0.29) is 0 Å². The van der Waals surface area contributed by atoms with Crippen LogP contribution in [0.25, 0.3) is 0 Å². The van der Waals surface area contributed by atoms with Gasteiger partial charge in [0.1, 0.15) is 0 Å². The molecule has 0 aliphatic carbocycles. The molecule has 0 aliphatic heterocycles. The largest absolute Gasteiger partial charge is 0.315 e. The van der Waals surface area contributed by atoms with E-state index in [0.29, 0.717) is 0 Å². The van der Waals surface area contributed by atoms with E-state index in [4.69, 9.17) is 0 Å². The number of rotatable bonds is 8. The standard InChI is InChI=1S/C13H26N4/c1-5-17-11-13(9-15-17)10-16(4)7-6-14-8-12(2)3/h9,11-12,14H,5-8,10H2,1-4H3. The Morgan fingerprint density at radius 3 is 2.82 bits per heavy atom. The zero-order valence-electron chi connectivity index (χ0n) is 11.6. The Morgan fingerprint density at radius 2 is 2.24 bits per heavy atom. The Labute approximate surface area is 105 Å². The summed E-state index contributed by atoms with van der Waals surface area (Å²) in [4.78, 5) is 2.32. The van der Waals surface area contributed by atoms with Gasteiger partial charge >= 0.3 is 0 Å². The highest BCUT2D eigenvalue weighted by atomic mass is 15.3. The van der Waals surface area contributed by atoms with Crippen LogP contribution in [0.5, 0.6) is 0 Å². The van der Waals surface area contributed by atoms with E-state index < -0.39 is 0 Å². The molecule has 4 nitrogen and oxygen atoms in total. The van der Waals surface area contributed by atoms with Gasteiger partial charge in [-0.2, -0.15) is 5.10 Å².